The van der Waals surface area contributed by atoms with Gasteiger partial charge in [-0.1, -0.05) is 96.1 Å². The molecular formula is C25H48O5. The largest absolute Gasteiger partial charge is 0.388 e. The molecule has 5 heteroatoms. The average Bonchev–Trinajstić information content (AvgIpc) is 2.75. The van der Waals surface area contributed by atoms with Crippen molar-refractivity contribution in [2.24, 2.45) is 0 Å². The molecule has 5 nitrogen and oxygen atoms in total. The molecule has 1 rings (SSSR count). The van der Waals surface area contributed by atoms with Crippen LogP contribution in [0.3, 0.4) is 0 Å². The van der Waals surface area contributed by atoms with Gasteiger partial charge in [0.15, 0.2) is 0 Å². The summed E-state index contributed by atoms with van der Waals surface area (Å²) in [7, 11) is 0. The average molecular weight is 429 g/mol. The summed E-state index contributed by atoms with van der Waals surface area (Å²) >= 11 is 0. The summed E-state index contributed by atoms with van der Waals surface area (Å²) in [5, 5.41) is 28.9. The van der Waals surface area contributed by atoms with Gasteiger partial charge in [0.2, 0.25) is 0 Å². The highest BCUT2D eigenvalue weighted by Gasteiger charge is 2.37. The zero-order chi connectivity index (χ0) is 21.9. The number of rotatable bonds is 19. The fraction of sp³-hybridized carbons (Fsp3) is 0.920. The van der Waals surface area contributed by atoms with Crippen LogP contribution in [-0.2, 0) is 9.47 Å². The van der Waals surface area contributed by atoms with Crippen molar-refractivity contribution in [2.45, 2.75) is 128 Å². The fourth-order valence-electron chi connectivity index (χ4n) is 3.88. The van der Waals surface area contributed by atoms with Crippen molar-refractivity contribution in [1.82, 2.24) is 0 Å². The van der Waals surface area contributed by atoms with Crippen molar-refractivity contribution in [1.29, 1.82) is 0 Å². The van der Waals surface area contributed by atoms with Gasteiger partial charge in [0.05, 0.1) is 19.8 Å². The summed E-state index contributed by atoms with van der Waals surface area (Å²) in [6.45, 7) is 3.11. The molecule has 1 aliphatic rings. The van der Waals surface area contributed by atoms with Crippen LogP contribution in [0.15, 0.2) is 12.2 Å². The third-order valence-electron chi connectivity index (χ3n) is 5.96. The number of ether oxygens (including phenoxy) is 2. The molecule has 0 radical (unpaired) electrons. The minimum absolute atomic E-state index is 0.0330. The SMILES string of the molecule is CCCCCCCCCCCCCCC/C=C/CCOC[C@H]1OC[C@H](O)[C@@H](O)[C@@H]1O. The van der Waals surface area contributed by atoms with Crippen LogP contribution < -0.4 is 0 Å². The van der Waals surface area contributed by atoms with Crippen LogP contribution in [0.5, 0.6) is 0 Å². The molecule has 0 aliphatic carbocycles. The van der Waals surface area contributed by atoms with Gasteiger partial charge in [0.25, 0.3) is 0 Å². The van der Waals surface area contributed by atoms with Crippen LogP contribution in [-0.4, -0.2) is 59.6 Å². The Morgan fingerprint density at radius 1 is 0.733 bits per heavy atom. The third kappa shape index (κ3) is 13.8. The first kappa shape index (κ1) is 27.6. The highest BCUT2D eigenvalue weighted by atomic mass is 16.6. The Balaban J connectivity index is 1.79. The van der Waals surface area contributed by atoms with Gasteiger partial charge in [-0.2, -0.15) is 0 Å². The summed E-state index contributed by atoms with van der Waals surface area (Å²) < 4.78 is 10.8. The lowest BCUT2D eigenvalue weighted by atomic mass is 10.0. The predicted molar refractivity (Wildman–Crippen MR) is 123 cm³/mol. The van der Waals surface area contributed by atoms with Crippen molar-refractivity contribution in [3.8, 4) is 0 Å². The predicted octanol–water partition coefficient (Wildman–Crippen LogP) is 4.91. The summed E-state index contributed by atoms with van der Waals surface area (Å²) in [4.78, 5) is 0. The lowest BCUT2D eigenvalue weighted by Gasteiger charge is -2.35. The number of unbranched alkanes of at least 4 members (excludes halogenated alkanes) is 13. The minimum atomic E-state index is -1.16. The second-order valence-electron chi connectivity index (χ2n) is 8.79. The van der Waals surface area contributed by atoms with E-state index in [9.17, 15) is 15.3 Å². The second-order valence-corrected chi connectivity index (χ2v) is 8.79. The standard InChI is InChI=1S/C25H48O5/c1-2-3-4-5-6-7-8-9-10-11-12-13-14-15-16-17-18-19-29-21-23-25(28)24(27)22(26)20-30-23/h16-17,22-28H,2-15,18-21H2,1H3/b17-16+/t22-,23+,24+,25+/m0/s1. The van der Waals surface area contributed by atoms with Crippen LogP contribution in [0.25, 0.3) is 0 Å². The van der Waals surface area contributed by atoms with Crippen molar-refractivity contribution < 1.29 is 24.8 Å². The van der Waals surface area contributed by atoms with Gasteiger partial charge < -0.3 is 24.8 Å². The molecule has 1 aliphatic heterocycles. The number of aliphatic hydroxyl groups is 3. The Morgan fingerprint density at radius 3 is 1.87 bits per heavy atom. The normalized spacial score (nSPS) is 24.7. The maximum Gasteiger partial charge on any atom is 0.111 e. The van der Waals surface area contributed by atoms with E-state index >= 15 is 0 Å². The van der Waals surface area contributed by atoms with E-state index in [1.54, 1.807) is 0 Å². The van der Waals surface area contributed by atoms with Crippen molar-refractivity contribution >= 4 is 0 Å². The van der Waals surface area contributed by atoms with Gasteiger partial charge in [0.1, 0.15) is 24.4 Å². The lowest BCUT2D eigenvalue weighted by Crippen LogP contribution is -2.54. The Kier molecular flexibility index (Phi) is 17.7. The zero-order valence-electron chi connectivity index (χ0n) is 19.4. The molecule has 1 fully saturated rings. The molecular weight excluding hydrogens is 380 g/mol. The third-order valence-corrected chi connectivity index (χ3v) is 5.96. The zero-order valence-corrected chi connectivity index (χ0v) is 19.4. The Hall–Kier alpha value is -0.460. The van der Waals surface area contributed by atoms with Crippen LogP contribution in [0.2, 0.25) is 0 Å². The van der Waals surface area contributed by atoms with E-state index in [4.69, 9.17) is 9.47 Å². The fourth-order valence-corrected chi connectivity index (χ4v) is 3.88. The molecule has 0 saturated carbocycles. The molecule has 0 aromatic heterocycles. The summed E-state index contributed by atoms with van der Waals surface area (Å²) in [6, 6.07) is 0. The van der Waals surface area contributed by atoms with Gasteiger partial charge in [-0.25, -0.2) is 0 Å². The van der Waals surface area contributed by atoms with E-state index in [0.717, 1.165) is 12.8 Å². The molecule has 0 aromatic rings. The summed E-state index contributed by atoms with van der Waals surface area (Å²) in [5.41, 5.74) is 0. The van der Waals surface area contributed by atoms with Crippen LogP contribution >= 0.6 is 0 Å². The van der Waals surface area contributed by atoms with E-state index in [-0.39, 0.29) is 13.2 Å². The molecule has 3 N–H and O–H groups in total. The van der Waals surface area contributed by atoms with Gasteiger partial charge in [-0.3, -0.25) is 0 Å². The van der Waals surface area contributed by atoms with Crippen LogP contribution in [0, 0.1) is 0 Å². The van der Waals surface area contributed by atoms with Gasteiger partial charge >= 0.3 is 0 Å². The number of hydrogen-bond donors (Lipinski definition) is 3. The van der Waals surface area contributed by atoms with Crippen LogP contribution in [0.4, 0.5) is 0 Å². The van der Waals surface area contributed by atoms with Gasteiger partial charge in [-0.05, 0) is 19.3 Å². The highest BCUT2D eigenvalue weighted by molar-refractivity contribution is 4.86. The highest BCUT2D eigenvalue weighted by Crippen LogP contribution is 2.16. The Labute approximate surface area is 184 Å². The van der Waals surface area contributed by atoms with Gasteiger partial charge in [0, 0.05) is 0 Å². The molecule has 0 bridgehead atoms. The molecule has 4 atom stereocenters. The topological polar surface area (TPSA) is 79.2 Å². The van der Waals surface area contributed by atoms with Crippen LogP contribution in [0.1, 0.15) is 103 Å². The molecule has 0 spiro atoms. The molecule has 0 amide bonds. The molecule has 0 aromatic carbocycles. The van der Waals surface area contributed by atoms with E-state index in [1.165, 1.54) is 83.5 Å². The Bertz CT molecular complexity index is 401. The van der Waals surface area contributed by atoms with E-state index < -0.39 is 24.4 Å². The molecule has 0 unspecified atom stereocenters. The smallest absolute Gasteiger partial charge is 0.111 e. The first-order valence-corrected chi connectivity index (χ1v) is 12.5. The van der Waals surface area contributed by atoms with E-state index in [0.29, 0.717) is 6.61 Å². The number of aliphatic hydroxyl groups excluding tert-OH is 3. The van der Waals surface area contributed by atoms with Crippen molar-refractivity contribution in [3.63, 3.8) is 0 Å². The first-order valence-electron chi connectivity index (χ1n) is 12.5. The van der Waals surface area contributed by atoms with E-state index in [1.807, 2.05) is 0 Å². The lowest BCUT2D eigenvalue weighted by molar-refractivity contribution is -0.199. The summed E-state index contributed by atoms with van der Waals surface area (Å²) in [5.74, 6) is 0. The monoisotopic (exact) mass is 428 g/mol. The first-order chi connectivity index (χ1) is 14.7. The minimum Gasteiger partial charge on any atom is -0.388 e. The molecule has 178 valence electrons. The molecule has 30 heavy (non-hydrogen) atoms. The summed E-state index contributed by atoms with van der Waals surface area (Å²) in [6.07, 6.45) is 20.5. The maximum absolute atomic E-state index is 9.83. The van der Waals surface area contributed by atoms with Crippen molar-refractivity contribution in [2.75, 3.05) is 19.8 Å². The number of hydrogen-bond acceptors (Lipinski definition) is 5. The number of allylic oxidation sites excluding steroid dienone is 1. The quantitative estimate of drug-likeness (QED) is 0.201. The maximum atomic E-state index is 9.83. The Morgan fingerprint density at radius 2 is 1.27 bits per heavy atom. The van der Waals surface area contributed by atoms with E-state index in [2.05, 4.69) is 19.1 Å². The molecule has 1 saturated heterocycles. The van der Waals surface area contributed by atoms with Crippen molar-refractivity contribution in [3.05, 3.63) is 12.2 Å². The molecule has 1 heterocycles. The second kappa shape index (κ2) is 19.2. The van der Waals surface area contributed by atoms with Gasteiger partial charge in [-0.15, -0.1) is 0 Å².